The van der Waals surface area contributed by atoms with Crippen LogP contribution in [0.2, 0.25) is 0 Å². The topological polar surface area (TPSA) is 128 Å². The minimum absolute atomic E-state index is 0.255. The Morgan fingerprint density at radius 3 is 2.36 bits per heavy atom. The molecule has 0 saturated heterocycles. The summed E-state index contributed by atoms with van der Waals surface area (Å²) in [7, 11) is 1.58. The van der Waals surface area contributed by atoms with Gasteiger partial charge in [-0.15, -0.1) is 0 Å². The first-order chi connectivity index (χ1) is 17.3. The Balaban J connectivity index is 1.62. The molecule has 0 aliphatic carbocycles. The van der Waals surface area contributed by atoms with Crippen molar-refractivity contribution in [1.29, 1.82) is 0 Å². The van der Waals surface area contributed by atoms with E-state index in [1.165, 1.54) is 0 Å². The monoisotopic (exact) mass is 483 g/mol. The molecule has 4 rings (SSSR count). The van der Waals surface area contributed by atoms with Crippen molar-refractivity contribution in [1.82, 2.24) is 15.1 Å². The van der Waals surface area contributed by atoms with Crippen LogP contribution in [0, 0.1) is 6.92 Å². The van der Waals surface area contributed by atoms with Gasteiger partial charge in [-0.1, -0.05) is 29.8 Å². The normalized spacial score (nSPS) is 10.5. The fourth-order valence-electron chi connectivity index (χ4n) is 3.53. The Bertz CT molecular complexity index is 1410. The molecule has 36 heavy (non-hydrogen) atoms. The van der Waals surface area contributed by atoms with E-state index in [9.17, 15) is 14.4 Å². The number of primary amides is 1. The summed E-state index contributed by atoms with van der Waals surface area (Å²) >= 11 is 0. The van der Waals surface area contributed by atoms with E-state index in [0.717, 1.165) is 16.8 Å². The number of aromatic nitrogens is 2. The Kier molecular flexibility index (Phi) is 7.10. The van der Waals surface area contributed by atoms with E-state index >= 15 is 0 Å². The first-order valence-corrected chi connectivity index (χ1v) is 11.1. The van der Waals surface area contributed by atoms with Crippen molar-refractivity contribution in [3.8, 4) is 22.7 Å². The maximum atomic E-state index is 13.3. The molecule has 0 fully saturated rings. The third kappa shape index (κ3) is 5.58. The SMILES string of the molecule is COc1cccc(-c2nn(-c3ccc(C)cc3)cc2C(=O)Nc2ccc(C(=O)NCC(N)=O)cc2)c1. The van der Waals surface area contributed by atoms with Crippen LogP contribution in [-0.2, 0) is 4.79 Å². The Hall–Kier alpha value is -4.92. The molecule has 0 spiro atoms. The lowest BCUT2D eigenvalue weighted by atomic mass is 10.1. The second-order valence-electron chi connectivity index (χ2n) is 8.08. The number of nitrogens with one attached hydrogen (secondary N) is 2. The predicted octanol–water partition coefficient (Wildman–Crippen LogP) is 3.32. The van der Waals surface area contributed by atoms with Gasteiger partial charge in [-0.3, -0.25) is 14.4 Å². The molecule has 4 aromatic rings. The number of nitrogens with zero attached hydrogens (tertiary/aromatic N) is 2. The molecule has 1 heterocycles. The van der Waals surface area contributed by atoms with Gasteiger partial charge < -0.3 is 21.1 Å². The van der Waals surface area contributed by atoms with Crippen LogP contribution in [0.1, 0.15) is 26.3 Å². The molecular formula is C27H25N5O4. The molecule has 3 amide bonds. The molecule has 0 aliphatic rings. The molecule has 1 aromatic heterocycles. The number of methoxy groups -OCH3 is 1. The van der Waals surface area contributed by atoms with E-state index in [4.69, 9.17) is 15.6 Å². The van der Waals surface area contributed by atoms with Crippen LogP contribution in [0.4, 0.5) is 5.69 Å². The summed E-state index contributed by atoms with van der Waals surface area (Å²) in [4.78, 5) is 36.3. The zero-order valence-corrected chi connectivity index (χ0v) is 19.8. The van der Waals surface area contributed by atoms with E-state index in [-0.39, 0.29) is 12.5 Å². The van der Waals surface area contributed by atoms with Gasteiger partial charge in [0, 0.05) is 23.0 Å². The van der Waals surface area contributed by atoms with Crippen molar-refractivity contribution < 1.29 is 19.1 Å². The zero-order chi connectivity index (χ0) is 25.7. The summed E-state index contributed by atoms with van der Waals surface area (Å²) in [6.07, 6.45) is 1.68. The van der Waals surface area contributed by atoms with E-state index in [0.29, 0.717) is 28.3 Å². The fourth-order valence-corrected chi connectivity index (χ4v) is 3.53. The highest BCUT2D eigenvalue weighted by molar-refractivity contribution is 6.08. The average Bonchev–Trinajstić information content (AvgIpc) is 3.34. The number of ether oxygens (including phenoxy) is 1. The largest absolute Gasteiger partial charge is 0.497 e. The van der Waals surface area contributed by atoms with Gasteiger partial charge in [0.1, 0.15) is 11.4 Å². The standard InChI is InChI=1S/C27H25N5O4/c1-17-6-12-21(13-7-17)32-16-23(25(31-32)19-4-3-5-22(14-19)36-2)27(35)30-20-10-8-18(9-11-20)26(34)29-15-24(28)33/h3-14,16H,15H2,1-2H3,(H2,28,33)(H,29,34)(H,30,35). The van der Waals surface area contributed by atoms with Crippen LogP contribution in [0.15, 0.2) is 79.0 Å². The molecule has 0 radical (unpaired) electrons. The molecule has 3 aromatic carbocycles. The first kappa shape index (κ1) is 24.2. The van der Waals surface area contributed by atoms with Crippen molar-refractivity contribution in [2.24, 2.45) is 5.73 Å². The van der Waals surface area contributed by atoms with Crippen LogP contribution < -0.4 is 21.1 Å². The number of aryl methyl sites for hydroxylation is 1. The quantitative estimate of drug-likeness (QED) is 0.354. The molecule has 0 saturated carbocycles. The first-order valence-electron chi connectivity index (χ1n) is 11.1. The number of hydrogen-bond acceptors (Lipinski definition) is 5. The number of rotatable bonds is 8. The Morgan fingerprint density at radius 1 is 0.972 bits per heavy atom. The summed E-state index contributed by atoms with van der Waals surface area (Å²) in [5.41, 5.74) is 9.40. The molecule has 9 nitrogen and oxygen atoms in total. The van der Waals surface area contributed by atoms with Gasteiger partial charge >= 0.3 is 0 Å². The lowest BCUT2D eigenvalue weighted by Crippen LogP contribution is -2.33. The van der Waals surface area contributed by atoms with Gasteiger partial charge in [-0.05, 0) is 55.5 Å². The van der Waals surface area contributed by atoms with Gasteiger partial charge in [0.2, 0.25) is 5.91 Å². The summed E-state index contributed by atoms with van der Waals surface area (Å²) in [5.74, 6) is -0.789. The van der Waals surface area contributed by atoms with Gasteiger partial charge in [-0.2, -0.15) is 5.10 Å². The molecule has 0 aliphatic heterocycles. The number of hydrogen-bond donors (Lipinski definition) is 3. The second kappa shape index (κ2) is 10.6. The van der Waals surface area contributed by atoms with Gasteiger partial charge in [0.15, 0.2) is 0 Å². The van der Waals surface area contributed by atoms with Crippen molar-refractivity contribution >= 4 is 23.4 Å². The lowest BCUT2D eigenvalue weighted by molar-refractivity contribution is -0.117. The minimum Gasteiger partial charge on any atom is -0.497 e. The van der Waals surface area contributed by atoms with Gasteiger partial charge in [0.05, 0.1) is 24.9 Å². The number of amides is 3. The van der Waals surface area contributed by atoms with E-state index < -0.39 is 11.8 Å². The van der Waals surface area contributed by atoms with Crippen molar-refractivity contribution in [3.63, 3.8) is 0 Å². The second-order valence-corrected chi connectivity index (χ2v) is 8.08. The average molecular weight is 484 g/mol. The highest BCUT2D eigenvalue weighted by Gasteiger charge is 2.20. The van der Waals surface area contributed by atoms with Crippen LogP contribution in [0.3, 0.4) is 0 Å². The summed E-state index contributed by atoms with van der Waals surface area (Å²) in [5, 5.41) is 9.98. The summed E-state index contributed by atoms with van der Waals surface area (Å²) < 4.78 is 7.01. The third-order valence-electron chi connectivity index (χ3n) is 5.43. The molecule has 0 bridgehead atoms. The third-order valence-corrected chi connectivity index (χ3v) is 5.43. The highest BCUT2D eigenvalue weighted by Crippen LogP contribution is 2.28. The van der Waals surface area contributed by atoms with Crippen LogP contribution in [0.5, 0.6) is 5.75 Å². The highest BCUT2D eigenvalue weighted by atomic mass is 16.5. The molecule has 0 atom stereocenters. The molecular weight excluding hydrogens is 458 g/mol. The van der Waals surface area contributed by atoms with Crippen LogP contribution in [0.25, 0.3) is 16.9 Å². The molecule has 182 valence electrons. The van der Waals surface area contributed by atoms with E-state index in [1.54, 1.807) is 42.3 Å². The van der Waals surface area contributed by atoms with Crippen molar-refractivity contribution in [2.45, 2.75) is 6.92 Å². The summed E-state index contributed by atoms with van der Waals surface area (Å²) in [6.45, 7) is 1.75. The van der Waals surface area contributed by atoms with Gasteiger partial charge in [-0.25, -0.2) is 4.68 Å². The minimum atomic E-state index is -0.634. The maximum absolute atomic E-state index is 13.3. The van der Waals surface area contributed by atoms with Crippen LogP contribution in [-0.4, -0.2) is 41.2 Å². The van der Waals surface area contributed by atoms with Gasteiger partial charge in [0.25, 0.3) is 11.8 Å². The summed E-state index contributed by atoms with van der Waals surface area (Å²) in [6, 6.07) is 21.5. The lowest BCUT2D eigenvalue weighted by Gasteiger charge is -2.08. The predicted molar refractivity (Wildman–Crippen MR) is 136 cm³/mol. The van der Waals surface area contributed by atoms with E-state index in [1.807, 2.05) is 55.5 Å². The van der Waals surface area contributed by atoms with Crippen molar-refractivity contribution in [3.05, 3.63) is 95.7 Å². The van der Waals surface area contributed by atoms with Crippen molar-refractivity contribution in [2.75, 3.05) is 19.0 Å². The Labute approximate surface area is 207 Å². The maximum Gasteiger partial charge on any atom is 0.259 e. The number of nitrogens with two attached hydrogens (primary N) is 1. The fraction of sp³-hybridized carbons (Fsp3) is 0.111. The number of anilines is 1. The molecule has 4 N–H and O–H groups in total. The van der Waals surface area contributed by atoms with E-state index in [2.05, 4.69) is 10.6 Å². The zero-order valence-electron chi connectivity index (χ0n) is 19.8. The number of carbonyl (C=O) groups is 3. The Morgan fingerprint density at radius 2 is 1.69 bits per heavy atom. The number of benzene rings is 3. The molecule has 9 heteroatoms. The van der Waals surface area contributed by atoms with Crippen LogP contribution >= 0.6 is 0 Å². The molecule has 0 unspecified atom stereocenters. The smallest absolute Gasteiger partial charge is 0.259 e. The number of carbonyl (C=O) groups excluding carboxylic acids is 3.